The summed E-state index contributed by atoms with van der Waals surface area (Å²) in [4.78, 5) is 1.52. The summed E-state index contributed by atoms with van der Waals surface area (Å²) in [6, 6.07) is 0. The van der Waals surface area contributed by atoms with Crippen LogP contribution in [0, 0.1) is 0 Å². The Labute approximate surface area is 72.7 Å². The lowest BCUT2D eigenvalue weighted by atomic mass is 10.2. The SMILES string of the molecule is CCCCc1c[n+](CC)cs1. The van der Waals surface area contributed by atoms with Crippen molar-refractivity contribution in [3.63, 3.8) is 0 Å². The Balaban J connectivity index is 2.44. The Morgan fingerprint density at radius 2 is 2.27 bits per heavy atom. The molecular formula is C9H16NS+. The molecule has 2 heteroatoms. The Morgan fingerprint density at radius 3 is 2.82 bits per heavy atom. The van der Waals surface area contributed by atoms with E-state index in [-0.39, 0.29) is 0 Å². The third-order valence-electron chi connectivity index (χ3n) is 1.79. The first-order valence-corrected chi connectivity index (χ1v) is 5.21. The fraction of sp³-hybridized carbons (Fsp3) is 0.667. The first kappa shape index (κ1) is 8.72. The summed E-state index contributed by atoms with van der Waals surface area (Å²) < 4.78 is 2.25. The van der Waals surface area contributed by atoms with Crippen molar-refractivity contribution in [2.75, 3.05) is 0 Å². The van der Waals surface area contributed by atoms with Gasteiger partial charge in [0.2, 0.25) is 5.51 Å². The summed E-state index contributed by atoms with van der Waals surface area (Å²) in [5.41, 5.74) is 2.20. The van der Waals surface area contributed by atoms with E-state index >= 15 is 0 Å². The van der Waals surface area contributed by atoms with Crippen molar-refractivity contribution in [3.8, 4) is 0 Å². The van der Waals surface area contributed by atoms with Gasteiger partial charge in [-0.1, -0.05) is 24.7 Å². The standard InChI is InChI=1S/C9H16NS/c1-3-5-6-9-7-10(4-2)8-11-9/h7-8H,3-6H2,1-2H3/q+1. The van der Waals surface area contributed by atoms with Crippen LogP contribution in [0.15, 0.2) is 11.7 Å². The summed E-state index contributed by atoms with van der Waals surface area (Å²) in [6.07, 6.45) is 6.14. The molecule has 1 rings (SSSR count). The molecule has 62 valence electrons. The Morgan fingerprint density at radius 1 is 1.45 bits per heavy atom. The van der Waals surface area contributed by atoms with Gasteiger partial charge >= 0.3 is 0 Å². The van der Waals surface area contributed by atoms with Crippen molar-refractivity contribution >= 4 is 11.3 Å². The van der Waals surface area contributed by atoms with Crippen LogP contribution in [0.25, 0.3) is 0 Å². The van der Waals surface area contributed by atoms with Crippen LogP contribution >= 0.6 is 11.3 Å². The van der Waals surface area contributed by atoms with Crippen molar-refractivity contribution in [2.45, 2.75) is 39.7 Å². The minimum atomic E-state index is 1.10. The van der Waals surface area contributed by atoms with E-state index < -0.39 is 0 Å². The molecule has 0 bridgehead atoms. The van der Waals surface area contributed by atoms with Gasteiger partial charge in [-0.3, -0.25) is 0 Å². The zero-order valence-corrected chi connectivity index (χ0v) is 8.16. The van der Waals surface area contributed by atoms with Crippen LogP contribution in [0.1, 0.15) is 31.6 Å². The van der Waals surface area contributed by atoms with Gasteiger partial charge < -0.3 is 0 Å². The minimum absolute atomic E-state index is 1.10. The lowest BCUT2D eigenvalue weighted by Gasteiger charge is -1.88. The van der Waals surface area contributed by atoms with Gasteiger partial charge in [-0.15, -0.1) is 0 Å². The second-order valence-corrected chi connectivity index (χ2v) is 3.72. The highest BCUT2D eigenvalue weighted by Crippen LogP contribution is 2.08. The zero-order valence-electron chi connectivity index (χ0n) is 7.34. The summed E-state index contributed by atoms with van der Waals surface area (Å²) in [6.45, 7) is 5.51. The van der Waals surface area contributed by atoms with Crippen LogP contribution in [-0.2, 0) is 13.0 Å². The molecule has 1 nitrogen and oxygen atoms in total. The number of nitrogens with zero attached hydrogens (tertiary/aromatic N) is 1. The van der Waals surface area contributed by atoms with Crippen LogP contribution in [0.5, 0.6) is 0 Å². The number of aromatic nitrogens is 1. The molecule has 1 aromatic heterocycles. The lowest BCUT2D eigenvalue weighted by molar-refractivity contribution is -0.689. The first-order valence-electron chi connectivity index (χ1n) is 4.33. The molecule has 0 saturated heterocycles. The quantitative estimate of drug-likeness (QED) is 0.611. The van der Waals surface area contributed by atoms with Crippen molar-refractivity contribution in [3.05, 3.63) is 16.6 Å². The molecule has 0 saturated carbocycles. The van der Waals surface area contributed by atoms with Gasteiger partial charge in [0.05, 0.1) is 4.88 Å². The Kier molecular flexibility index (Phi) is 3.57. The molecule has 11 heavy (non-hydrogen) atoms. The van der Waals surface area contributed by atoms with Crippen molar-refractivity contribution < 1.29 is 4.57 Å². The maximum atomic E-state index is 2.26. The van der Waals surface area contributed by atoms with E-state index in [9.17, 15) is 0 Å². The zero-order chi connectivity index (χ0) is 8.10. The summed E-state index contributed by atoms with van der Waals surface area (Å²) in [5, 5.41) is 0. The number of unbranched alkanes of at least 4 members (excludes halogenated alkanes) is 1. The summed E-state index contributed by atoms with van der Waals surface area (Å²) in [5.74, 6) is 0. The molecule has 0 amide bonds. The van der Waals surface area contributed by atoms with E-state index in [2.05, 4.69) is 30.1 Å². The highest BCUT2D eigenvalue weighted by atomic mass is 32.1. The third kappa shape index (κ3) is 2.62. The average molecular weight is 170 g/mol. The predicted molar refractivity (Wildman–Crippen MR) is 48.8 cm³/mol. The third-order valence-corrected chi connectivity index (χ3v) is 2.78. The monoisotopic (exact) mass is 170 g/mol. The summed E-state index contributed by atoms with van der Waals surface area (Å²) >= 11 is 1.88. The number of aryl methyl sites for hydroxylation is 2. The highest BCUT2D eigenvalue weighted by Gasteiger charge is 2.02. The lowest BCUT2D eigenvalue weighted by Crippen LogP contribution is -2.27. The largest absolute Gasteiger partial charge is 0.224 e. The van der Waals surface area contributed by atoms with Crippen molar-refractivity contribution in [1.29, 1.82) is 0 Å². The molecule has 0 aliphatic rings. The van der Waals surface area contributed by atoms with E-state index in [1.54, 1.807) is 0 Å². The highest BCUT2D eigenvalue weighted by molar-refractivity contribution is 7.09. The molecule has 0 N–H and O–H groups in total. The molecule has 0 fully saturated rings. The van der Waals surface area contributed by atoms with Crippen LogP contribution in [0.3, 0.4) is 0 Å². The van der Waals surface area contributed by atoms with E-state index in [4.69, 9.17) is 0 Å². The van der Waals surface area contributed by atoms with E-state index in [1.807, 2.05) is 11.3 Å². The molecule has 0 spiro atoms. The number of rotatable bonds is 4. The van der Waals surface area contributed by atoms with E-state index in [0.717, 1.165) is 6.54 Å². The second-order valence-electron chi connectivity index (χ2n) is 2.75. The topological polar surface area (TPSA) is 3.88 Å². The van der Waals surface area contributed by atoms with Crippen LogP contribution in [0.4, 0.5) is 0 Å². The Bertz CT molecular complexity index is 205. The molecule has 0 atom stereocenters. The Hall–Kier alpha value is -0.370. The maximum Gasteiger partial charge on any atom is 0.224 e. The van der Waals surface area contributed by atoms with Gasteiger partial charge in [0.1, 0.15) is 6.54 Å². The molecule has 1 aromatic rings. The van der Waals surface area contributed by atoms with Gasteiger partial charge in [-0.05, 0) is 19.8 Å². The fourth-order valence-electron chi connectivity index (χ4n) is 1.02. The molecule has 0 aliphatic heterocycles. The predicted octanol–water partition coefficient (Wildman–Crippen LogP) is 2.40. The molecule has 0 unspecified atom stereocenters. The van der Waals surface area contributed by atoms with E-state index in [0.29, 0.717) is 0 Å². The van der Waals surface area contributed by atoms with Gasteiger partial charge in [0.15, 0.2) is 6.20 Å². The number of hydrogen-bond donors (Lipinski definition) is 0. The molecule has 0 aliphatic carbocycles. The van der Waals surface area contributed by atoms with Crippen LogP contribution in [-0.4, -0.2) is 0 Å². The van der Waals surface area contributed by atoms with Gasteiger partial charge in [-0.2, -0.15) is 4.57 Å². The second kappa shape index (κ2) is 4.50. The fourth-order valence-corrected chi connectivity index (χ4v) is 1.96. The van der Waals surface area contributed by atoms with Crippen molar-refractivity contribution in [2.24, 2.45) is 0 Å². The molecule has 0 aromatic carbocycles. The molecule has 0 radical (unpaired) electrons. The van der Waals surface area contributed by atoms with Crippen LogP contribution in [0.2, 0.25) is 0 Å². The number of hydrogen-bond acceptors (Lipinski definition) is 1. The minimum Gasteiger partial charge on any atom is -0.195 e. The van der Waals surface area contributed by atoms with Gasteiger partial charge in [-0.25, -0.2) is 0 Å². The normalized spacial score (nSPS) is 10.4. The maximum absolute atomic E-state index is 2.26. The van der Waals surface area contributed by atoms with Crippen LogP contribution < -0.4 is 4.57 Å². The van der Waals surface area contributed by atoms with E-state index in [1.165, 1.54) is 24.1 Å². The van der Waals surface area contributed by atoms with Gasteiger partial charge in [0, 0.05) is 0 Å². The first-order chi connectivity index (χ1) is 5.36. The average Bonchev–Trinajstić information content (AvgIpc) is 2.48. The van der Waals surface area contributed by atoms with Crippen molar-refractivity contribution in [1.82, 2.24) is 0 Å². The number of thiazole rings is 1. The molecule has 1 heterocycles. The smallest absolute Gasteiger partial charge is 0.195 e. The van der Waals surface area contributed by atoms with Gasteiger partial charge in [0.25, 0.3) is 0 Å². The molecular weight excluding hydrogens is 154 g/mol. The summed E-state index contributed by atoms with van der Waals surface area (Å²) in [7, 11) is 0.